The Kier molecular flexibility index (Phi) is 8.05. The van der Waals surface area contributed by atoms with Gasteiger partial charge in [0.2, 0.25) is 0 Å². The van der Waals surface area contributed by atoms with Crippen molar-refractivity contribution in [3.05, 3.63) is 12.7 Å². The van der Waals surface area contributed by atoms with E-state index in [1.54, 1.807) is 0 Å². The highest BCUT2D eigenvalue weighted by atomic mass is 16.5. The summed E-state index contributed by atoms with van der Waals surface area (Å²) in [5.74, 6) is 0. The predicted molar refractivity (Wildman–Crippen MR) is 58.0 cm³/mol. The summed E-state index contributed by atoms with van der Waals surface area (Å²) in [7, 11) is 0. The molecule has 13 heavy (non-hydrogen) atoms. The first kappa shape index (κ1) is 12.7. The van der Waals surface area contributed by atoms with Crippen molar-refractivity contribution >= 4 is 0 Å². The van der Waals surface area contributed by atoms with Gasteiger partial charge in [0, 0.05) is 6.04 Å². The minimum absolute atomic E-state index is 0.324. The first-order valence-electron chi connectivity index (χ1n) is 5.16. The fraction of sp³-hybridized carbons (Fsp3) is 0.818. The maximum absolute atomic E-state index is 5.56. The van der Waals surface area contributed by atoms with Crippen LogP contribution in [-0.4, -0.2) is 25.3 Å². The van der Waals surface area contributed by atoms with Crippen molar-refractivity contribution in [2.24, 2.45) is 0 Å². The van der Waals surface area contributed by atoms with Crippen molar-refractivity contribution in [3.8, 4) is 0 Å². The number of likely N-dealkylation sites (N-methyl/N-ethyl adjacent to an activating group) is 1. The van der Waals surface area contributed by atoms with Gasteiger partial charge in [-0.05, 0) is 33.2 Å². The zero-order chi connectivity index (χ0) is 10.1. The van der Waals surface area contributed by atoms with Crippen LogP contribution in [0, 0.1) is 0 Å². The molecule has 0 aliphatic heterocycles. The van der Waals surface area contributed by atoms with E-state index in [-0.39, 0.29) is 0 Å². The summed E-state index contributed by atoms with van der Waals surface area (Å²) in [6.45, 7) is 11.8. The standard InChI is InChI=1S/C11H23NO/c1-5-7-8-11(12-6-2)9-13-10(3)4/h5,10-12H,1,6-9H2,2-4H3. The number of hydrogen-bond donors (Lipinski definition) is 1. The molecule has 0 aromatic heterocycles. The quantitative estimate of drug-likeness (QED) is 0.586. The smallest absolute Gasteiger partial charge is 0.0623 e. The van der Waals surface area contributed by atoms with Gasteiger partial charge in [0.05, 0.1) is 12.7 Å². The van der Waals surface area contributed by atoms with Crippen LogP contribution in [0.1, 0.15) is 33.6 Å². The van der Waals surface area contributed by atoms with Crippen molar-refractivity contribution in [2.45, 2.75) is 45.8 Å². The predicted octanol–water partition coefficient (Wildman–Crippen LogP) is 2.36. The normalized spacial score (nSPS) is 13.2. The van der Waals surface area contributed by atoms with E-state index in [2.05, 4.69) is 32.7 Å². The summed E-state index contributed by atoms with van der Waals surface area (Å²) < 4.78 is 5.56. The zero-order valence-electron chi connectivity index (χ0n) is 9.18. The van der Waals surface area contributed by atoms with Crippen LogP contribution in [0.15, 0.2) is 12.7 Å². The number of allylic oxidation sites excluding steroid dienone is 1. The molecule has 2 nitrogen and oxygen atoms in total. The molecule has 0 radical (unpaired) electrons. The SMILES string of the molecule is C=CCCC(COC(C)C)NCC. The molecule has 2 heteroatoms. The molecule has 0 aromatic carbocycles. The van der Waals surface area contributed by atoms with Crippen LogP contribution >= 0.6 is 0 Å². The molecule has 0 aromatic rings. The monoisotopic (exact) mass is 185 g/mol. The average molecular weight is 185 g/mol. The average Bonchev–Trinajstić information content (AvgIpc) is 2.09. The van der Waals surface area contributed by atoms with Crippen LogP contribution < -0.4 is 5.32 Å². The summed E-state index contributed by atoms with van der Waals surface area (Å²) in [5, 5.41) is 3.40. The molecule has 0 aliphatic rings. The second-order valence-electron chi connectivity index (χ2n) is 3.50. The van der Waals surface area contributed by atoms with Gasteiger partial charge in [-0.2, -0.15) is 0 Å². The number of rotatable bonds is 8. The molecule has 78 valence electrons. The molecule has 0 fully saturated rings. The lowest BCUT2D eigenvalue weighted by Crippen LogP contribution is -2.34. The van der Waals surface area contributed by atoms with Crippen LogP contribution in [0.5, 0.6) is 0 Å². The summed E-state index contributed by atoms with van der Waals surface area (Å²) in [6, 6.07) is 0.477. The Morgan fingerprint density at radius 1 is 1.46 bits per heavy atom. The van der Waals surface area contributed by atoms with E-state index in [1.165, 1.54) is 0 Å². The van der Waals surface area contributed by atoms with Crippen molar-refractivity contribution in [1.82, 2.24) is 5.32 Å². The van der Waals surface area contributed by atoms with Gasteiger partial charge in [-0.1, -0.05) is 13.0 Å². The van der Waals surface area contributed by atoms with Gasteiger partial charge >= 0.3 is 0 Å². The Bertz CT molecular complexity index is 123. The third-order valence-electron chi connectivity index (χ3n) is 1.84. The molecular formula is C11H23NO. The van der Waals surface area contributed by atoms with E-state index in [0.29, 0.717) is 12.1 Å². The third kappa shape index (κ3) is 8.00. The first-order chi connectivity index (χ1) is 6.20. The molecule has 1 atom stereocenters. The summed E-state index contributed by atoms with van der Waals surface area (Å²) in [4.78, 5) is 0. The van der Waals surface area contributed by atoms with Crippen LogP contribution in [0.3, 0.4) is 0 Å². The second kappa shape index (κ2) is 8.27. The number of ether oxygens (including phenoxy) is 1. The highest BCUT2D eigenvalue weighted by Gasteiger charge is 2.06. The molecule has 0 aliphatic carbocycles. The van der Waals surface area contributed by atoms with E-state index in [4.69, 9.17) is 4.74 Å². The topological polar surface area (TPSA) is 21.3 Å². The Morgan fingerprint density at radius 2 is 2.15 bits per heavy atom. The van der Waals surface area contributed by atoms with E-state index in [1.807, 2.05) is 6.08 Å². The largest absolute Gasteiger partial charge is 0.377 e. The van der Waals surface area contributed by atoms with E-state index in [0.717, 1.165) is 26.0 Å². The van der Waals surface area contributed by atoms with E-state index >= 15 is 0 Å². The highest BCUT2D eigenvalue weighted by Crippen LogP contribution is 2.00. The van der Waals surface area contributed by atoms with E-state index < -0.39 is 0 Å². The maximum atomic E-state index is 5.56. The van der Waals surface area contributed by atoms with Crippen LogP contribution in [-0.2, 0) is 4.74 Å². The Morgan fingerprint density at radius 3 is 2.62 bits per heavy atom. The van der Waals surface area contributed by atoms with Crippen LogP contribution in [0.4, 0.5) is 0 Å². The maximum Gasteiger partial charge on any atom is 0.0623 e. The minimum Gasteiger partial charge on any atom is -0.377 e. The summed E-state index contributed by atoms with van der Waals surface area (Å²) >= 11 is 0. The zero-order valence-corrected chi connectivity index (χ0v) is 9.18. The van der Waals surface area contributed by atoms with Crippen molar-refractivity contribution < 1.29 is 4.74 Å². The molecule has 0 bridgehead atoms. The third-order valence-corrected chi connectivity index (χ3v) is 1.84. The lowest BCUT2D eigenvalue weighted by Gasteiger charge is -2.18. The summed E-state index contributed by atoms with van der Waals surface area (Å²) in [5.41, 5.74) is 0. The van der Waals surface area contributed by atoms with Crippen LogP contribution in [0.2, 0.25) is 0 Å². The van der Waals surface area contributed by atoms with Gasteiger partial charge in [-0.15, -0.1) is 6.58 Å². The minimum atomic E-state index is 0.324. The van der Waals surface area contributed by atoms with Gasteiger partial charge < -0.3 is 10.1 Å². The second-order valence-corrected chi connectivity index (χ2v) is 3.50. The van der Waals surface area contributed by atoms with E-state index in [9.17, 15) is 0 Å². The number of hydrogen-bond acceptors (Lipinski definition) is 2. The molecular weight excluding hydrogens is 162 g/mol. The Balaban J connectivity index is 3.59. The van der Waals surface area contributed by atoms with Gasteiger partial charge in [-0.3, -0.25) is 0 Å². The van der Waals surface area contributed by atoms with Crippen molar-refractivity contribution in [1.29, 1.82) is 0 Å². The molecule has 0 amide bonds. The van der Waals surface area contributed by atoms with Crippen molar-refractivity contribution in [3.63, 3.8) is 0 Å². The van der Waals surface area contributed by atoms with Gasteiger partial charge in [0.1, 0.15) is 0 Å². The molecule has 0 spiro atoms. The number of nitrogens with one attached hydrogen (secondary N) is 1. The molecule has 0 saturated carbocycles. The lowest BCUT2D eigenvalue weighted by molar-refractivity contribution is 0.0601. The molecule has 0 heterocycles. The van der Waals surface area contributed by atoms with Gasteiger partial charge in [0.25, 0.3) is 0 Å². The molecule has 0 rings (SSSR count). The highest BCUT2D eigenvalue weighted by molar-refractivity contribution is 4.73. The van der Waals surface area contributed by atoms with Crippen LogP contribution in [0.25, 0.3) is 0 Å². The first-order valence-corrected chi connectivity index (χ1v) is 5.16. The van der Waals surface area contributed by atoms with Gasteiger partial charge in [0.15, 0.2) is 0 Å². The Labute approximate surface area is 82.4 Å². The Hall–Kier alpha value is -0.340. The lowest BCUT2D eigenvalue weighted by atomic mass is 10.1. The molecule has 1 N–H and O–H groups in total. The fourth-order valence-corrected chi connectivity index (χ4v) is 1.16. The van der Waals surface area contributed by atoms with Gasteiger partial charge in [-0.25, -0.2) is 0 Å². The fourth-order valence-electron chi connectivity index (χ4n) is 1.16. The summed E-state index contributed by atoms with van der Waals surface area (Å²) in [6.07, 6.45) is 4.45. The molecule has 1 unspecified atom stereocenters. The molecule has 0 saturated heterocycles. The van der Waals surface area contributed by atoms with Crippen molar-refractivity contribution in [2.75, 3.05) is 13.2 Å².